The summed E-state index contributed by atoms with van der Waals surface area (Å²) < 4.78 is 13.6. The first-order chi connectivity index (χ1) is 8.11. The number of phenolic OH excluding ortho intramolecular Hbond substituents is 1. The van der Waals surface area contributed by atoms with Crippen LogP contribution in [0.25, 0.3) is 11.1 Å². The van der Waals surface area contributed by atoms with Gasteiger partial charge < -0.3 is 5.11 Å². The Morgan fingerprint density at radius 3 is 2.59 bits per heavy atom. The van der Waals surface area contributed by atoms with E-state index in [4.69, 9.17) is 16.9 Å². The van der Waals surface area contributed by atoms with Crippen LogP contribution in [-0.4, -0.2) is 5.11 Å². The largest absolute Gasteiger partial charge is 0.506 e. The van der Waals surface area contributed by atoms with E-state index < -0.39 is 5.82 Å². The van der Waals surface area contributed by atoms with Crippen molar-refractivity contribution >= 4 is 11.6 Å². The summed E-state index contributed by atoms with van der Waals surface area (Å²) in [5, 5.41) is 18.4. The molecule has 0 bridgehead atoms. The lowest BCUT2D eigenvalue weighted by molar-refractivity contribution is 0.476. The van der Waals surface area contributed by atoms with Gasteiger partial charge >= 0.3 is 0 Å². The Hall–Kier alpha value is -2.05. The van der Waals surface area contributed by atoms with Gasteiger partial charge in [-0.2, -0.15) is 5.26 Å². The van der Waals surface area contributed by atoms with Gasteiger partial charge in [-0.25, -0.2) is 4.39 Å². The summed E-state index contributed by atoms with van der Waals surface area (Å²) in [7, 11) is 0. The van der Waals surface area contributed by atoms with Crippen LogP contribution in [0.3, 0.4) is 0 Å². The van der Waals surface area contributed by atoms with E-state index in [0.29, 0.717) is 11.1 Å². The maximum atomic E-state index is 13.6. The van der Waals surface area contributed by atoms with Crippen molar-refractivity contribution in [2.24, 2.45) is 0 Å². The van der Waals surface area contributed by atoms with Gasteiger partial charge in [0.1, 0.15) is 11.6 Å². The molecule has 2 aromatic rings. The number of benzene rings is 2. The molecule has 1 N–H and O–H groups in total. The average molecular weight is 248 g/mol. The lowest BCUT2D eigenvalue weighted by Crippen LogP contribution is -1.86. The molecule has 0 saturated carbocycles. The molecule has 84 valence electrons. The van der Waals surface area contributed by atoms with Crippen molar-refractivity contribution in [1.29, 1.82) is 5.26 Å². The summed E-state index contributed by atoms with van der Waals surface area (Å²) in [5.74, 6) is -0.573. The van der Waals surface area contributed by atoms with Crippen LogP contribution in [0.2, 0.25) is 5.02 Å². The number of phenols is 1. The first-order valence-corrected chi connectivity index (χ1v) is 5.18. The third-order valence-electron chi connectivity index (χ3n) is 2.35. The first-order valence-electron chi connectivity index (χ1n) is 4.80. The second-order valence-electron chi connectivity index (χ2n) is 3.47. The summed E-state index contributed by atoms with van der Waals surface area (Å²) in [5.41, 5.74) is 1.09. The smallest absolute Gasteiger partial charge is 0.134 e. The average Bonchev–Trinajstić information content (AvgIpc) is 2.33. The van der Waals surface area contributed by atoms with E-state index in [1.54, 1.807) is 6.07 Å². The van der Waals surface area contributed by atoms with E-state index in [-0.39, 0.29) is 16.3 Å². The van der Waals surface area contributed by atoms with Crippen molar-refractivity contribution in [3.05, 3.63) is 52.8 Å². The van der Waals surface area contributed by atoms with Crippen molar-refractivity contribution < 1.29 is 9.50 Å². The van der Waals surface area contributed by atoms with Crippen LogP contribution < -0.4 is 0 Å². The molecule has 0 amide bonds. The minimum Gasteiger partial charge on any atom is -0.506 e. The Morgan fingerprint density at radius 1 is 1.18 bits per heavy atom. The molecule has 0 unspecified atom stereocenters. The number of aromatic hydroxyl groups is 1. The predicted molar refractivity (Wildman–Crippen MR) is 63.2 cm³/mol. The zero-order valence-corrected chi connectivity index (χ0v) is 9.37. The van der Waals surface area contributed by atoms with Crippen LogP contribution in [0, 0.1) is 17.1 Å². The molecule has 0 spiro atoms. The zero-order chi connectivity index (χ0) is 12.4. The van der Waals surface area contributed by atoms with Crippen molar-refractivity contribution in [2.45, 2.75) is 0 Å². The van der Waals surface area contributed by atoms with Crippen molar-refractivity contribution in [3.63, 3.8) is 0 Å². The summed E-state index contributed by atoms with van der Waals surface area (Å²) in [6.45, 7) is 0. The Bertz CT molecular complexity index is 619. The minimum absolute atomic E-state index is 0.120. The number of nitrogens with zero attached hydrogens (tertiary/aromatic N) is 1. The molecular formula is C13H7ClFNO. The molecule has 0 aliphatic carbocycles. The topological polar surface area (TPSA) is 44.0 Å². The van der Waals surface area contributed by atoms with E-state index in [9.17, 15) is 9.50 Å². The van der Waals surface area contributed by atoms with Crippen LogP contribution in [0.4, 0.5) is 4.39 Å². The van der Waals surface area contributed by atoms with Gasteiger partial charge in [0.25, 0.3) is 0 Å². The van der Waals surface area contributed by atoms with E-state index in [1.807, 2.05) is 6.07 Å². The highest BCUT2D eigenvalue weighted by atomic mass is 35.5. The first kappa shape index (κ1) is 11.4. The maximum absolute atomic E-state index is 13.6. The molecule has 0 saturated heterocycles. The molecule has 4 heteroatoms. The van der Waals surface area contributed by atoms with Crippen LogP contribution in [0.15, 0.2) is 36.4 Å². The molecule has 0 aliphatic heterocycles. The van der Waals surface area contributed by atoms with Crippen LogP contribution >= 0.6 is 11.6 Å². The fourth-order valence-corrected chi connectivity index (χ4v) is 1.61. The SMILES string of the molecule is N#Cc1ccc(F)c(-c2ccc(Cl)c(O)c2)c1. The van der Waals surface area contributed by atoms with Gasteiger partial charge in [-0.15, -0.1) is 0 Å². The van der Waals surface area contributed by atoms with Crippen LogP contribution in [0.5, 0.6) is 5.75 Å². The quantitative estimate of drug-likeness (QED) is 0.835. The zero-order valence-electron chi connectivity index (χ0n) is 8.61. The normalized spacial score (nSPS) is 9.94. The summed E-state index contributed by atoms with van der Waals surface area (Å²) >= 11 is 5.67. The Labute approximate surface area is 103 Å². The van der Waals surface area contributed by atoms with Crippen molar-refractivity contribution in [2.75, 3.05) is 0 Å². The minimum atomic E-state index is -0.453. The van der Waals surface area contributed by atoms with Gasteiger partial charge in [-0.1, -0.05) is 17.7 Å². The third kappa shape index (κ3) is 2.22. The molecule has 0 aromatic heterocycles. The Morgan fingerprint density at radius 2 is 1.94 bits per heavy atom. The second kappa shape index (κ2) is 4.44. The molecule has 0 atom stereocenters. The molecule has 0 heterocycles. The number of nitriles is 1. The van der Waals surface area contributed by atoms with E-state index in [1.165, 1.54) is 30.3 Å². The number of hydrogen-bond acceptors (Lipinski definition) is 2. The summed E-state index contributed by atoms with van der Waals surface area (Å²) in [6, 6.07) is 10.4. The molecular weight excluding hydrogens is 241 g/mol. The second-order valence-corrected chi connectivity index (χ2v) is 3.88. The molecule has 2 rings (SSSR count). The van der Waals surface area contributed by atoms with Gasteiger partial charge in [-0.3, -0.25) is 0 Å². The summed E-state index contributed by atoms with van der Waals surface area (Å²) in [4.78, 5) is 0. The Kier molecular flexibility index (Phi) is 2.99. The maximum Gasteiger partial charge on any atom is 0.134 e. The van der Waals surface area contributed by atoms with Gasteiger partial charge in [0.15, 0.2) is 0 Å². The molecule has 2 nitrogen and oxygen atoms in total. The van der Waals surface area contributed by atoms with E-state index >= 15 is 0 Å². The predicted octanol–water partition coefficient (Wildman–Crippen LogP) is 3.72. The van der Waals surface area contributed by atoms with Gasteiger partial charge in [0.05, 0.1) is 16.7 Å². The number of halogens is 2. The lowest BCUT2D eigenvalue weighted by Gasteiger charge is -2.05. The molecule has 0 radical (unpaired) electrons. The fourth-order valence-electron chi connectivity index (χ4n) is 1.50. The molecule has 0 fully saturated rings. The number of rotatable bonds is 1. The third-order valence-corrected chi connectivity index (χ3v) is 2.67. The van der Waals surface area contributed by atoms with Crippen LogP contribution in [-0.2, 0) is 0 Å². The lowest BCUT2D eigenvalue weighted by atomic mass is 10.0. The van der Waals surface area contributed by atoms with Crippen LogP contribution in [0.1, 0.15) is 5.56 Å². The van der Waals surface area contributed by atoms with Crippen molar-refractivity contribution in [3.8, 4) is 22.9 Å². The van der Waals surface area contributed by atoms with Gasteiger partial charge in [0.2, 0.25) is 0 Å². The number of hydrogen-bond donors (Lipinski definition) is 1. The van der Waals surface area contributed by atoms with E-state index in [0.717, 1.165) is 0 Å². The van der Waals surface area contributed by atoms with E-state index in [2.05, 4.69) is 0 Å². The fraction of sp³-hybridized carbons (Fsp3) is 0. The molecule has 0 aliphatic rings. The van der Waals surface area contributed by atoms with Gasteiger partial charge in [-0.05, 0) is 35.9 Å². The monoisotopic (exact) mass is 247 g/mol. The summed E-state index contributed by atoms with van der Waals surface area (Å²) in [6.07, 6.45) is 0. The van der Waals surface area contributed by atoms with Gasteiger partial charge in [0, 0.05) is 5.56 Å². The molecule has 2 aromatic carbocycles. The van der Waals surface area contributed by atoms with Crippen molar-refractivity contribution in [1.82, 2.24) is 0 Å². The Balaban J connectivity index is 2.60. The highest BCUT2D eigenvalue weighted by Crippen LogP contribution is 2.31. The standard InChI is InChI=1S/C13H7ClFNO/c14-11-3-2-9(6-13(11)17)10-5-8(7-16)1-4-12(10)15/h1-6,17H. The highest BCUT2D eigenvalue weighted by Gasteiger charge is 2.08. The molecule has 17 heavy (non-hydrogen) atoms. The highest BCUT2D eigenvalue weighted by molar-refractivity contribution is 6.32.